The smallest absolute Gasteiger partial charge is 0.311 e. The Labute approximate surface area is 161 Å². The summed E-state index contributed by atoms with van der Waals surface area (Å²) in [6, 6.07) is 9.92. The molecular weight excluding hydrogens is 364 g/mol. The van der Waals surface area contributed by atoms with Gasteiger partial charge in [0.1, 0.15) is 13.2 Å². The van der Waals surface area contributed by atoms with Crippen LogP contribution in [0.3, 0.4) is 0 Å². The fourth-order valence-corrected chi connectivity index (χ4v) is 3.76. The van der Waals surface area contributed by atoms with Gasteiger partial charge >= 0.3 is 5.69 Å². The van der Waals surface area contributed by atoms with Crippen molar-refractivity contribution < 1.29 is 23.9 Å². The summed E-state index contributed by atoms with van der Waals surface area (Å²) in [5.74, 6) is 1.29. The van der Waals surface area contributed by atoms with Gasteiger partial charge in [-0.1, -0.05) is 6.07 Å². The molecule has 2 aliphatic rings. The Balaban J connectivity index is 1.62. The molecule has 0 bridgehead atoms. The summed E-state index contributed by atoms with van der Waals surface area (Å²) in [4.78, 5) is 25.6. The minimum absolute atomic E-state index is 0.107. The Morgan fingerprint density at radius 3 is 2.71 bits per heavy atom. The van der Waals surface area contributed by atoms with E-state index in [4.69, 9.17) is 14.2 Å². The fourth-order valence-electron chi connectivity index (χ4n) is 3.76. The number of nitro groups is 1. The van der Waals surface area contributed by atoms with Gasteiger partial charge in [-0.15, -0.1) is 0 Å². The Morgan fingerprint density at radius 1 is 1.18 bits per heavy atom. The minimum Gasteiger partial charge on any atom is -0.490 e. The van der Waals surface area contributed by atoms with Gasteiger partial charge in [-0.05, 0) is 42.7 Å². The maximum Gasteiger partial charge on any atom is 0.311 e. The third kappa shape index (κ3) is 3.21. The topological polar surface area (TPSA) is 91.1 Å². The highest BCUT2D eigenvalue weighted by Gasteiger charge is 2.32. The highest BCUT2D eigenvalue weighted by molar-refractivity contribution is 5.95. The van der Waals surface area contributed by atoms with E-state index in [1.165, 1.54) is 19.2 Å². The molecule has 2 heterocycles. The number of hydrogen-bond acceptors (Lipinski definition) is 6. The van der Waals surface area contributed by atoms with Gasteiger partial charge in [-0.25, -0.2) is 0 Å². The molecule has 1 amide bonds. The fraction of sp³-hybridized carbons (Fsp3) is 0.350. The van der Waals surface area contributed by atoms with Crippen molar-refractivity contribution in [3.63, 3.8) is 0 Å². The molecule has 1 atom stereocenters. The Morgan fingerprint density at radius 2 is 1.96 bits per heavy atom. The number of carbonyl (C=O) groups is 1. The van der Waals surface area contributed by atoms with Crippen molar-refractivity contribution >= 4 is 11.6 Å². The molecule has 0 radical (unpaired) electrons. The van der Waals surface area contributed by atoms with Crippen LogP contribution in [0.4, 0.5) is 5.69 Å². The van der Waals surface area contributed by atoms with E-state index in [-0.39, 0.29) is 28.9 Å². The molecule has 0 aliphatic carbocycles. The second-order valence-corrected chi connectivity index (χ2v) is 6.70. The zero-order valence-electron chi connectivity index (χ0n) is 15.4. The molecule has 2 aromatic rings. The zero-order valence-corrected chi connectivity index (χ0v) is 15.4. The van der Waals surface area contributed by atoms with Crippen molar-refractivity contribution in [1.29, 1.82) is 0 Å². The first-order valence-corrected chi connectivity index (χ1v) is 9.11. The maximum absolute atomic E-state index is 13.1. The van der Waals surface area contributed by atoms with Gasteiger partial charge in [0.25, 0.3) is 5.91 Å². The summed E-state index contributed by atoms with van der Waals surface area (Å²) in [6.45, 7) is 1.62. The van der Waals surface area contributed by atoms with Gasteiger partial charge in [-0.3, -0.25) is 14.9 Å². The summed E-state index contributed by atoms with van der Waals surface area (Å²) >= 11 is 0. The molecule has 4 rings (SSSR count). The average molecular weight is 384 g/mol. The van der Waals surface area contributed by atoms with E-state index in [9.17, 15) is 14.9 Å². The normalized spacial score (nSPS) is 18.0. The lowest BCUT2D eigenvalue weighted by Gasteiger charge is -2.27. The largest absolute Gasteiger partial charge is 0.490 e. The third-order valence-corrected chi connectivity index (χ3v) is 5.09. The van der Waals surface area contributed by atoms with Crippen molar-refractivity contribution in [2.45, 2.75) is 18.9 Å². The zero-order chi connectivity index (χ0) is 19.7. The Bertz CT molecular complexity index is 929. The Kier molecular flexibility index (Phi) is 4.77. The molecule has 0 spiro atoms. The number of fused-ring (bicyclic) bond motifs is 1. The number of hydrogen-bond donors (Lipinski definition) is 0. The van der Waals surface area contributed by atoms with E-state index in [1.807, 2.05) is 18.2 Å². The number of nitrogens with zero attached hydrogens (tertiary/aromatic N) is 2. The molecule has 2 aromatic carbocycles. The van der Waals surface area contributed by atoms with Crippen LogP contribution in [0.1, 0.15) is 34.8 Å². The maximum atomic E-state index is 13.1. The average Bonchev–Trinajstić information content (AvgIpc) is 3.22. The number of benzene rings is 2. The van der Waals surface area contributed by atoms with E-state index >= 15 is 0 Å². The van der Waals surface area contributed by atoms with Crippen LogP contribution in [0.25, 0.3) is 0 Å². The molecule has 8 nitrogen and oxygen atoms in total. The predicted octanol–water partition coefficient (Wildman–Crippen LogP) is 3.35. The van der Waals surface area contributed by atoms with Crippen molar-refractivity contribution in [3.05, 3.63) is 57.6 Å². The number of carbonyl (C=O) groups excluding carboxylic acids is 1. The van der Waals surface area contributed by atoms with Crippen LogP contribution in [0.15, 0.2) is 36.4 Å². The standard InChI is InChI=1S/C20H20N2O6/c1-26-17-6-5-14(11-16(17)22(24)25)20(23)21-8-2-3-15(21)13-4-7-18-19(12-13)28-10-9-27-18/h4-7,11-12,15H,2-3,8-10H2,1H3. The molecule has 2 aliphatic heterocycles. The molecule has 146 valence electrons. The lowest BCUT2D eigenvalue weighted by molar-refractivity contribution is -0.385. The van der Waals surface area contributed by atoms with Crippen LogP contribution in [-0.2, 0) is 0 Å². The van der Waals surface area contributed by atoms with Crippen LogP contribution in [0, 0.1) is 10.1 Å². The second kappa shape index (κ2) is 7.38. The van der Waals surface area contributed by atoms with Crippen LogP contribution < -0.4 is 14.2 Å². The van der Waals surface area contributed by atoms with Crippen LogP contribution in [-0.4, -0.2) is 42.6 Å². The third-order valence-electron chi connectivity index (χ3n) is 5.09. The van der Waals surface area contributed by atoms with Gasteiger partial charge in [0.2, 0.25) is 0 Å². The molecule has 1 unspecified atom stereocenters. The van der Waals surface area contributed by atoms with Crippen molar-refractivity contribution in [3.8, 4) is 17.2 Å². The van der Waals surface area contributed by atoms with E-state index in [1.54, 1.807) is 11.0 Å². The number of likely N-dealkylation sites (tertiary alicyclic amines) is 1. The van der Waals surface area contributed by atoms with E-state index < -0.39 is 4.92 Å². The van der Waals surface area contributed by atoms with Crippen molar-refractivity contribution in [1.82, 2.24) is 4.90 Å². The first-order chi connectivity index (χ1) is 13.6. The van der Waals surface area contributed by atoms with Crippen molar-refractivity contribution in [2.24, 2.45) is 0 Å². The molecule has 0 saturated carbocycles. The van der Waals surface area contributed by atoms with Crippen LogP contribution in [0.2, 0.25) is 0 Å². The SMILES string of the molecule is COc1ccc(C(=O)N2CCCC2c2ccc3c(c2)OCCO3)cc1[N+](=O)[O-]. The van der Waals surface area contributed by atoms with Gasteiger partial charge in [0, 0.05) is 18.2 Å². The van der Waals surface area contributed by atoms with Gasteiger partial charge in [0.15, 0.2) is 17.2 Å². The summed E-state index contributed by atoms with van der Waals surface area (Å²) in [5.41, 5.74) is 1.03. The monoisotopic (exact) mass is 384 g/mol. The highest BCUT2D eigenvalue weighted by atomic mass is 16.6. The molecule has 28 heavy (non-hydrogen) atoms. The number of rotatable bonds is 4. The second-order valence-electron chi connectivity index (χ2n) is 6.70. The summed E-state index contributed by atoms with van der Waals surface area (Å²) in [6.07, 6.45) is 1.69. The molecule has 1 saturated heterocycles. The number of ether oxygens (including phenoxy) is 3. The first-order valence-electron chi connectivity index (χ1n) is 9.11. The molecule has 0 aromatic heterocycles. The van der Waals surface area contributed by atoms with E-state index in [0.29, 0.717) is 31.3 Å². The minimum atomic E-state index is -0.544. The van der Waals surface area contributed by atoms with Crippen LogP contribution in [0.5, 0.6) is 17.2 Å². The van der Waals surface area contributed by atoms with Crippen molar-refractivity contribution in [2.75, 3.05) is 26.9 Å². The van der Waals surface area contributed by atoms with E-state index in [0.717, 1.165) is 18.4 Å². The van der Waals surface area contributed by atoms with E-state index in [2.05, 4.69) is 0 Å². The van der Waals surface area contributed by atoms with Crippen LogP contribution >= 0.6 is 0 Å². The first kappa shape index (κ1) is 18.1. The molecular formula is C20H20N2O6. The summed E-state index contributed by atoms with van der Waals surface area (Å²) in [5, 5.41) is 11.3. The number of amides is 1. The van der Waals surface area contributed by atoms with Gasteiger partial charge in [-0.2, -0.15) is 0 Å². The number of nitro benzene ring substituents is 1. The molecule has 0 N–H and O–H groups in total. The lowest BCUT2D eigenvalue weighted by atomic mass is 10.0. The van der Waals surface area contributed by atoms with Gasteiger partial charge < -0.3 is 19.1 Å². The molecule has 1 fully saturated rings. The predicted molar refractivity (Wildman–Crippen MR) is 100 cm³/mol. The number of methoxy groups -OCH3 is 1. The summed E-state index contributed by atoms with van der Waals surface area (Å²) in [7, 11) is 1.36. The van der Waals surface area contributed by atoms with Gasteiger partial charge in [0.05, 0.1) is 18.1 Å². The Hall–Kier alpha value is -3.29. The highest BCUT2D eigenvalue weighted by Crippen LogP contribution is 2.39. The summed E-state index contributed by atoms with van der Waals surface area (Å²) < 4.78 is 16.2. The molecule has 8 heteroatoms. The lowest BCUT2D eigenvalue weighted by Crippen LogP contribution is -2.30. The quantitative estimate of drug-likeness (QED) is 0.593.